The molecule has 2 N–H and O–H groups in total. The Morgan fingerprint density at radius 1 is 1.09 bits per heavy atom. The van der Waals surface area contributed by atoms with Gasteiger partial charge in [0.1, 0.15) is 17.4 Å². The molecule has 32 heavy (non-hydrogen) atoms. The van der Waals surface area contributed by atoms with Gasteiger partial charge in [0.25, 0.3) is 0 Å². The van der Waals surface area contributed by atoms with Gasteiger partial charge in [0.05, 0.1) is 5.69 Å². The van der Waals surface area contributed by atoms with Crippen LogP contribution in [0, 0.1) is 5.82 Å². The van der Waals surface area contributed by atoms with Gasteiger partial charge in [-0.3, -0.25) is 4.90 Å². The van der Waals surface area contributed by atoms with E-state index in [1.165, 1.54) is 0 Å². The molecule has 5 nitrogen and oxygen atoms in total. The first kappa shape index (κ1) is 22.4. The van der Waals surface area contributed by atoms with Crippen LogP contribution in [0.25, 0.3) is 11.3 Å². The van der Waals surface area contributed by atoms with Crippen LogP contribution in [-0.2, 0) is 19.4 Å². The van der Waals surface area contributed by atoms with Crippen LogP contribution in [0.2, 0.25) is 0 Å². The van der Waals surface area contributed by atoms with Crippen molar-refractivity contribution in [2.24, 2.45) is 0 Å². The van der Waals surface area contributed by atoms with Gasteiger partial charge in [0.2, 0.25) is 0 Å². The van der Waals surface area contributed by atoms with Crippen molar-refractivity contribution < 1.29 is 9.50 Å². The van der Waals surface area contributed by atoms with Crippen LogP contribution < -0.4 is 5.32 Å². The summed E-state index contributed by atoms with van der Waals surface area (Å²) in [6.45, 7) is 7.15. The standard InChI is InChI=1S/C26H31FN4O/c1-18-16-31(19(2)15-29-18)17-21-9-10-24(27)23(14-21)25-11-12-28-26(30-25)8-4-6-20-5-3-7-22(32)13-20/h3,5,7,9-14,18-19,29,32H,4,6,8,15-17H2,1-2H3/t18-,19+/m1/s1. The second kappa shape index (κ2) is 10.2. The topological polar surface area (TPSA) is 61.3 Å². The van der Waals surface area contributed by atoms with Crippen LogP contribution >= 0.6 is 0 Å². The molecular formula is C26H31FN4O. The zero-order valence-electron chi connectivity index (χ0n) is 18.8. The van der Waals surface area contributed by atoms with E-state index in [0.717, 1.165) is 43.6 Å². The number of rotatable bonds is 7. The molecule has 1 aliphatic heterocycles. The third kappa shape index (κ3) is 5.69. The molecule has 0 unspecified atom stereocenters. The van der Waals surface area contributed by atoms with Crippen molar-refractivity contribution in [3.63, 3.8) is 0 Å². The van der Waals surface area contributed by atoms with Crippen molar-refractivity contribution in [3.8, 4) is 17.0 Å². The minimum absolute atomic E-state index is 0.264. The molecule has 0 radical (unpaired) electrons. The highest BCUT2D eigenvalue weighted by Crippen LogP contribution is 2.24. The monoisotopic (exact) mass is 434 g/mol. The number of aromatic nitrogens is 2. The smallest absolute Gasteiger partial charge is 0.132 e. The lowest BCUT2D eigenvalue weighted by molar-refractivity contribution is 0.139. The van der Waals surface area contributed by atoms with E-state index in [4.69, 9.17) is 0 Å². The Balaban J connectivity index is 1.45. The molecule has 2 atom stereocenters. The van der Waals surface area contributed by atoms with E-state index < -0.39 is 0 Å². The number of benzene rings is 2. The molecule has 0 aliphatic carbocycles. The van der Waals surface area contributed by atoms with Crippen molar-refractivity contribution in [1.82, 2.24) is 20.2 Å². The van der Waals surface area contributed by atoms with Gasteiger partial charge in [0, 0.05) is 49.9 Å². The maximum atomic E-state index is 14.7. The molecule has 3 aromatic rings. The van der Waals surface area contributed by atoms with Gasteiger partial charge in [0.15, 0.2) is 0 Å². The van der Waals surface area contributed by atoms with Gasteiger partial charge >= 0.3 is 0 Å². The fraction of sp³-hybridized carbons (Fsp3) is 0.385. The van der Waals surface area contributed by atoms with E-state index in [1.807, 2.05) is 24.3 Å². The average Bonchev–Trinajstić information content (AvgIpc) is 2.78. The quantitative estimate of drug-likeness (QED) is 0.579. The summed E-state index contributed by atoms with van der Waals surface area (Å²) in [6.07, 6.45) is 4.08. The van der Waals surface area contributed by atoms with E-state index in [1.54, 1.807) is 30.5 Å². The normalized spacial score (nSPS) is 19.2. The minimum atomic E-state index is -0.264. The van der Waals surface area contributed by atoms with Crippen LogP contribution in [-0.4, -0.2) is 45.1 Å². The first-order valence-electron chi connectivity index (χ1n) is 11.3. The number of nitrogens with one attached hydrogen (secondary N) is 1. The molecule has 0 amide bonds. The van der Waals surface area contributed by atoms with Gasteiger partial charge < -0.3 is 10.4 Å². The van der Waals surface area contributed by atoms with Gasteiger partial charge in [-0.25, -0.2) is 14.4 Å². The van der Waals surface area contributed by atoms with Crippen LogP contribution in [0.1, 0.15) is 37.2 Å². The third-order valence-corrected chi connectivity index (χ3v) is 6.07. The summed E-state index contributed by atoms with van der Waals surface area (Å²) in [5.41, 5.74) is 3.31. The highest BCUT2D eigenvalue weighted by atomic mass is 19.1. The number of piperazine rings is 1. The molecule has 0 bridgehead atoms. The molecule has 6 heteroatoms. The molecule has 4 rings (SSSR count). The molecule has 168 valence electrons. The summed E-state index contributed by atoms with van der Waals surface area (Å²) < 4.78 is 14.7. The summed E-state index contributed by atoms with van der Waals surface area (Å²) in [6, 6.07) is 15.3. The number of phenols is 1. The Morgan fingerprint density at radius 2 is 1.97 bits per heavy atom. The summed E-state index contributed by atoms with van der Waals surface area (Å²) in [4.78, 5) is 11.5. The Morgan fingerprint density at radius 3 is 2.81 bits per heavy atom. The lowest BCUT2D eigenvalue weighted by Gasteiger charge is -2.37. The molecule has 1 aromatic heterocycles. The number of phenolic OH excluding ortho intramolecular Hbond substituents is 1. The molecule has 1 aliphatic rings. The SMILES string of the molecule is C[C@@H]1CN(Cc2ccc(F)c(-c3ccnc(CCCc4cccc(O)c4)n3)c2)[C@@H](C)CN1. The van der Waals surface area contributed by atoms with E-state index in [2.05, 4.69) is 34.0 Å². The predicted molar refractivity (Wildman–Crippen MR) is 125 cm³/mol. The zero-order valence-corrected chi connectivity index (χ0v) is 18.8. The fourth-order valence-electron chi connectivity index (χ4n) is 4.25. The fourth-order valence-corrected chi connectivity index (χ4v) is 4.25. The summed E-state index contributed by atoms with van der Waals surface area (Å²) >= 11 is 0. The minimum Gasteiger partial charge on any atom is -0.508 e. The number of aryl methyl sites for hydroxylation is 2. The average molecular weight is 435 g/mol. The van der Waals surface area contributed by atoms with Crippen molar-refractivity contribution in [3.05, 3.63) is 77.5 Å². The number of hydrogen-bond acceptors (Lipinski definition) is 5. The highest BCUT2D eigenvalue weighted by Gasteiger charge is 2.22. The van der Waals surface area contributed by atoms with Gasteiger partial charge in [-0.05, 0) is 68.1 Å². The molecule has 2 aromatic carbocycles. The third-order valence-electron chi connectivity index (χ3n) is 6.07. The molecule has 2 heterocycles. The van der Waals surface area contributed by atoms with Gasteiger partial charge in [-0.2, -0.15) is 0 Å². The molecule has 0 spiro atoms. The van der Waals surface area contributed by atoms with Crippen LogP contribution in [0.15, 0.2) is 54.7 Å². The first-order chi connectivity index (χ1) is 15.5. The predicted octanol–water partition coefficient (Wildman–Crippen LogP) is 4.35. The Kier molecular flexibility index (Phi) is 7.12. The van der Waals surface area contributed by atoms with Crippen molar-refractivity contribution >= 4 is 0 Å². The lowest BCUT2D eigenvalue weighted by Crippen LogP contribution is -2.53. The second-order valence-electron chi connectivity index (χ2n) is 8.78. The van der Waals surface area contributed by atoms with E-state index in [9.17, 15) is 9.50 Å². The van der Waals surface area contributed by atoms with E-state index >= 15 is 0 Å². The van der Waals surface area contributed by atoms with E-state index in [0.29, 0.717) is 35.6 Å². The Labute approximate surface area is 189 Å². The lowest BCUT2D eigenvalue weighted by atomic mass is 10.0. The number of nitrogens with zero attached hydrogens (tertiary/aromatic N) is 3. The molecule has 1 fully saturated rings. The molecule has 0 saturated carbocycles. The molecule has 1 saturated heterocycles. The summed E-state index contributed by atoms with van der Waals surface area (Å²) in [5, 5.41) is 13.1. The second-order valence-corrected chi connectivity index (χ2v) is 8.78. The van der Waals surface area contributed by atoms with Gasteiger partial charge in [-0.15, -0.1) is 0 Å². The van der Waals surface area contributed by atoms with E-state index in [-0.39, 0.29) is 11.6 Å². The number of halogens is 1. The maximum absolute atomic E-state index is 14.7. The van der Waals surface area contributed by atoms with Crippen LogP contribution in [0.4, 0.5) is 4.39 Å². The summed E-state index contributed by atoms with van der Waals surface area (Å²) in [7, 11) is 0. The number of aromatic hydroxyl groups is 1. The molecular weight excluding hydrogens is 403 g/mol. The van der Waals surface area contributed by atoms with Crippen LogP contribution in [0.5, 0.6) is 5.75 Å². The summed E-state index contributed by atoms with van der Waals surface area (Å²) in [5.74, 6) is 0.720. The highest BCUT2D eigenvalue weighted by molar-refractivity contribution is 5.60. The number of hydrogen-bond donors (Lipinski definition) is 2. The zero-order chi connectivity index (χ0) is 22.5. The van der Waals surface area contributed by atoms with Crippen molar-refractivity contribution in [1.29, 1.82) is 0 Å². The van der Waals surface area contributed by atoms with Crippen molar-refractivity contribution in [2.45, 2.75) is 51.7 Å². The Hall–Kier alpha value is -2.83. The first-order valence-corrected chi connectivity index (χ1v) is 11.3. The van der Waals surface area contributed by atoms with Crippen molar-refractivity contribution in [2.75, 3.05) is 13.1 Å². The maximum Gasteiger partial charge on any atom is 0.132 e. The van der Waals surface area contributed by atoms with Crippen LogP contribution in [0.3, 0.4) is 0 Å². The largest absolute Gasteiger partial charge is 0.508 e. The Bertz CT molecular complexity index is 1060. The van der Waals surface area contributed by atoms with Gasteiger partial charge in [-0.1, -0.05) is 18.2 Å².